The zero-order valence-electron chi connectivity index (χ0n) is 11.4. The first-order chi connectivity index (χ1) is 8.65. The molecule has 0 aromatic heterocycles. The number of methoxy groups -OCH3 is 1. The first-order valence-electron chi connectivity index (χ1n) is 6.59. The second-order valence-corrected chi connectivity index (χ2v) is 5.07. The molecule has 0 spiro atoms. The molecule has 1 amide bonds. The van der Waals surface area contributed by atoms with E-state index in [9.17, 15) is 4.79 Å². The van der Waals surface area contributed by atoms with E-state index in [-0.39, 0.29) is 5.91 Å². The van der Waals surface area contributed by atoms with Gasteiger partial charge in [-0.15, -0.1) is 0 Å². The average Bonchev–Trinajstić information content (AvgIpc) is 2.32. The fourth-order valence-corrected chi connectivity index (χ4v) is 2.49. The van der Waals surface area contributed by atoms with Crippen LogP contribution in [0.1, 0.15) is 35.7 Å². The van der Waals surface area contributed by atoms with E-state index in [4.69, 9.17) is 4.74 Å². The molecule has 0 saturated carbocycles. The van der Waals surface area contributed by atoms with Gasteiger partial charge in [-0.05, 0) is 31.4 Å². The lowest BCUT2D eigenvalue weighted by Gasteiger charge is -2.39. The topological polar surface area (TPSA) is 29.5 Å². The van der Waals surface area contributed by atoms with E-state index in [1.54, 1.807) is 7.11 Å². The average molecular weight is 247 g/mol. The number of rotatable bonds is 4. The van der Waals surface area contributed by atoms with Crippen molar-refractivity contribution >= 4 is 5.91 Å². The number of ether oxygens (including phenoxy) is 1. The molecule has 1 heterocycles. The molecule has 1 aliphatic rings. The first kappa shape index (κ1) is 12.9. The number of benzene rings is 1. The van der Waals surface area contributed by atoms with Crippen molar-refractivity contribution in [3.8, 4) is 5.75 Å². The summed E-state index contributed by atoms with van der Waals surface area (Å²) in [5, 5.41) is 0. The molecule has 0 atom stereocenters. The Kier molecular flexibility index (Phi) is 3.90. The van der Waals surface area contributed by atoms with Gasteiger partial charge in [0.25, 0.3) is 5.91 Å². The molecule has 98 valence electrons. The fourth-order valence-electron chi connectivity index (χ4n) is 2.49. The molecular formula is C15H21NO2. The summed E-state index contributed by atoms with van der Waals surface area (Å²) in [5.41, 5.74) is 1.78. The highest BCUT2D eigenvalue weighted by Gasteiger charge is 2.31. The monoisotopic (exact) mass is 247 g/mol. The first-order valence-corrected chi connectivity index (χ1v) is 6.59. The lowest BCUT2D eigenvalue weighted by Crippen LogP contribution is -2.49. The van der Waals surface area contributed by atoms with E-state index in [0.717, 1.165) is 18.7 Å². The smallest absolute Gasteiger partial charge is 0.257 e. The van der Waals surface area contributed by atoms with Gasteiger partial charge in [-0.25, -0.2) is 0 Å². The Morgan fingerprint density at radius 2 is 2.17 bits per heavy atom. The summed E-state index contributed by atoms with van der Waals surface area (Å²) >= 11 is 0. The summed E-state index contributed by atoms with van der Waals surface area (Å²) in [6, 6.07) is 5.74. The molecule has 3 heteroatoms. The Morgan fingerprint density at radius 3 is 2.78 bits per heavy atom. The zero-order chi connectivity index (χ0) is 13.1. The van der Waals surface area contributed by atoms with Gasteiger partial charge in [-0.3, -0.25) is 4.79 Å². The van der Waals surface area contributed by atoms with Crippen LogP contribution in [0.5, 0.6) is 5.75 Å². The number of amides is 1. The van der Waals surface area contributed by atoms with Gasteiger partial charge in [0, 0.05) is 13.1 Å². The van der Waals surface area contributed by atoms with Gasteiger partial charge >= 0.3 is 0 Å². The normalized spacial score (nSPS) is 15.4. The van der Waals surface area contributed by atoms with Gasteiger partial charge < -0.3 is 9.64 Å². The molecule has 1 aromatic carbocycles. The Bertz CT molecular complexity index is 436. The third-order valence-electron chi connectivity index (χ3n) is 3.53. The van der Waals surface area contributed by atoms with E-state index in [1.165, 1.54) is 12.8 Å². The molecule has 0 bridgehead atoms. The second-order valence-electron chi connectivity index (χ2n) is 5.07. The van der Waals surface area contributed by atoms with Crippen molar-refractivity contribution in [3.05, 3.63) is 29.3 Å². The van der Waals surface area contributed by atoms with Crippen LogP contribution in [-0.4, -0.2) is 31.0 Å². The Balaban J connectivity index is 2.08. The molecular weight excluding hydrogens is 226 g/mol. The van der Waals surface area contributed by atoms with Crippen LogP contribution < -0.4 is 4.74 Å². The number of carbonyl (C=O) groups is 1. The van der Waals surface area contributed by atoms with Crippen LogP contribution in [-0.2, 0) is 0 Å². The highest BCUT2D eigenvalue weighted by molar-refractivity contribution is 5.97. The van der Waals surface area contributed by atoms with Crippen LogP contribution >= 0.6 is 0 Å². The van der Waals surface area contributed by atoms with Gasteiger partial charge in [-0.1, -0.05) is 25.0 Å². The molecule has 0 unspecified atom stereocenters. The minimum absolute atomic E-state index is 0.0999. The molecule has 3 nitrogen and oxygen atoms in total. The van der Waals surface area contributed by atoms with Gasteiger partial charge in [0.05, 0.1) is 12.7 Å². The molecule has 2 rings (SSSR count). The third-order valence-corrected chi connectivity index (χ3v) is 3.53. The maximum atomic E-state index is 12.4. The van der Waals surface area contributed by atoms with Gasteiger partial charge in [0.1, 0.15) is 5.75 Å². The summed E-state index contributed by atoms with van der Waals surface area (Å²) in [5.74, 6) is 1.46. The maximum Gasteiger partial charge on any atom is 0.257 e. The molecule has 0 N–H and O–H groups in total. The Labute approximate surface area is 109 Å². The van der Waals surface area contributed by atoms with Crippen molar-refractivity contribution in [3.63, 3.8) is 0 Å². The number of carbonyl (C=O) groups excluding carboxylic acids is 1. The molecule has 0 radical (unpaired) electrons. The van der Waals surface area contributed by atoms with Crippen LogP contribution in [0.2, 0.25) is 0 Å². The summed E-state index contributed by atoms with van der Waals surface area (Å²) in [6.07, 6.45) is 2.41. The fraction of sp³-hybridized carbons (Fsp3) is 0.533. The summed E-state index contributed by atoms with van der Waals surface area (Å²) in [6.45, 7) is 5.97. The standard InChI is InChI=1S/C15H21NO2/c1-4-5-12-9-16(10-12)15(17)13-8-11(2)6-7-14(13)18-3/h6-8,12H,4-5,9-10H2,1-3H3. The predicted molar refractivity (Wildman–Crippen MR) is 72.0 cm³/mol. The van der Waals surface area contributed by atoms with Crippen molar-refractivity contribution in [1.29, 1.82) is 0 Å². The number of likely N-dealkylation sites (tertiary alicyclic amines) is 1. The number of nitrogens with zero attached hydrogens (tertiary/aromatic N) is 1. The second kappa shape index (κ2) is 5.42. The Morgan fingerprint density at radius 1 is 1.44 bits per heavy atom. The van der Waals surface area contributed by atoms with Gasteiger partial charge in [-0.2, -0.15) is 0 Å². The largest absolute Gasteiger partial charge is 0.496 e. The lowest BCUT2D eigenvalue weighted by molar-refractivity contribution is 0.0481. The highest BCUT2D eigenvalue weighted by Crippen LogP contribution is 2.27. The number of hydrogen-bond acceptors (Lipinski definition) is 2. The number of hydrogen-bond donors (Lipinski definition) is 0. The van der Waals surface area contributed by atoms with Gasteiger partial charge in [0.15, 0.2) is 0 Å². The minimum Gasteiger partial charge on any atom is -0.496 e. The SMILES string of the molecule is CCCC1CN(C(=O)c2cc(C)ccc2OC)C1. The third kappa shape index (κ3) is 2.50. The summed E-state index contributed by atoms with van der Waals surface area (Å²) < 4.78 is 5.27. The zero-order valence-corrected chi connectivity index (χ0v) is 11.4. The molecule has 1 aliphatic heterocycles. The van der Waals surface area contributed by atoms with Crippen LogP contribution in [0.15, 0.2) is 18.2 Å². The van der Waals surface area contributed by atoms with Crippen molar-refractivity contribution in [2.24, 2.45) is 5.92 Å². The van der Waals surface area contributed by atoms with Crippen LogP contribution in [0, 0.1) is 12.8 Å². The van der Waals surface area contributed by atoms with Crippen molar-refractivity contribution in [2.75, 3.05) is 20.2 Å². The molecule has 1 fully saturated rings. The molecule has 1 aromatic rings. The van der Waals surface area contributed by atoms with Crippen LogP contribution in [0.4, 0.5) is 0 Å². The van der Waals surface area contributed by atoms with Gasteiger partial charge in [0.2, 0.25) is 0 Å². The quantitative estimate of drug-likeness (QED) is 0.818. The molecule has 18 heavy (non-hydrogen) atoms. The van der Waals surface area contributed by atoms with Crippen molar-refractivity contribution in [1.82, 2.24) is 4.90 Å². The lowest BCUT2D eigenvalue weighted by atomic mass is 9.94. The van der Waals surface area contributed by atoms with E-state index in [0.29, 0.717) is 17.2 Å². The van der Waals surface area contributed by atoms with Crippen molar-refractivity contribution < 1.29 is 9.53 Å². The molecule has 1 saturated heterocycles. The minimum atomic E-state index is 0.0999. The highest BCUT2D eigenvalue weighted by atomic mass is 16.5. The summed E-state index contributed by atoms with van der Waals surface area (Å²) in [7, 11) is 1.61. The van der Waals surface area contributed by atoms with Crippen LogP contribution in [0.25, 0.3) is 0 Å². The number of aryl methyl sites for hydroxylation is 1. The predicted octanol–water partition coefficient (Wildman–Crippen LogP) is 2.88. The maximum absolute atomic E-state index is 12.4. The van der Waals surface area contributed by atoms with E-state index < -0.39 is 0 Å². The Hall–Kier alpha value is -1.51. The van der Waals surface area contributed by atoms with E-state index in [2.05, 4.69) is 6.92 Å². The van der Waals surface area contributed by atoms with Crippen molar-refractivity contribution in [2.45, 2.75) is 26.7 Å². The van der Waals surface area contributed by atoms with Crippen LogP contribution in [0.3, 0.4) is 0 Å². The van der Waals surface area contributed by atoms with E-state index >= 15 is 0 Å². The summed E-state index contributed by atoms with van der Waals surface area (Å²) in [4.78, 5) is 14.3. The van der Waals surface area contributed by atoms with E-state index in [1.807, 2.05) is 30.0 Å². The molecule has 0 aliphatic carbocycles.